The zero-order valence-electron chi connectivity index (χ0n) is 8.64. The number of nitrogens with two attached hydrogens (primary N) is 1. The van der Waals surface area contributed by atoms with Crippen molar-refractivity contribution in [2.45, 2.75) is 26.8 Å². The Morgan fingerprint density at radius 2 is 1.93 bits per heavy atom. The highest BCUT2D eigenvalue weighted by atomic mass is 127. The number of hydrogen-bond acceptors (Lipinski definition) is 1. The van der Waals surface area contributed by atoms with Crippen molar-refractivity contribution < 1.29 is 0 Å². The molecule has 1 nitrogen and oxygen atoms in total. The lowest BCUT2D eigenvalue weighted by molar-refractivity contribution is 0.326. The standard InChI is InChI=1S/C11H15BrIN/c1-11(2,3)10(14)8-6-7(12)4-5-9(8)13/h4-6,10H,14H2,1-3H3. The van der Waals surface area contributed by atoms with E-state index in [1.807, 2.05) is 6.07 Å². The molecule has 0 aliphatic carbocycles. The first-order valence-electron chi connectivity index (χ1n) is 4.53. The maximum absolute atomic E-state index is 6.22. The van der Waals surface area contributed by atoms with Crippen LogP contribution in [0.3, 0.4) is 0 Å². The Labute approximate surface area is 108 Å². The first kappa shape index (κ1) is 12.5. The summed E-state index contributed by atoms with van der Waals surface area (Å²) in [6.45, 7) is 6.48. The van der Waals surface area contributed by atoms with Crippen LogP contribution in [0.1, 0.15) is 32.4 Å². The van der Waals surface area contributed by atoms with Gasteiger partial charge in [-0.1, -0.05) is 36.7 Å². The Hall–Kier alpha value is 0.390. The van der Waals surface area contributed by atoms with Gasteiger partial charge in [-0.25, -0.2) is 0 Å². The van der Waals surface area contributed by atoms with Crippen LogP contribution in [0.25, 0.3) is 0 Å². The number of rotatable bonds is 1. The summed E-state index contributed by atoms with van der Waals surface area (Å²) in [5, 5.41) is 0. The van der Waals surface area contributed by atoms with Crippen LogP contribution in [0, 0.1) is 8.99 Å². The van der Waals surface area contributed by atoms with Crippen LogP contribution in [0.15, 0.2) is 22.7 Å². The van der Waals surface area contributed by atoms with E-state index >= 15 is 0 Å². The fourth-order valence-electron chi connectivity index (χ4n) is 1.22. The minimum atomic E-state index is 0.0758. The molecule has 0 saturated heterocycles. The number of halogens is 2. The normalized spacial score (nSPS) is 14.1. The first-order chi connectivity index (χ1) is 6.32. The highest BCUT2D eigenvalue weighted by molar-refractivity contribution is 14.1. The van der Waals surface area contributed by atoms with Crippen molar-refractivity contribution in [2.75, 3.05) is 0 Å². The molecule has 0 radical (unpaired) electrons. The van der Waals surface area contributed by atoms with E-state index in [2.05, 4.69) is 71.4 Å². The van der Waals surface area contributed by atoms with Crippen molar-refractivity contribution in [3.05, 3.63) is 31.8 Å². The first-order valence-corrected chi connectivity index (χ1v) is 6.40. The van der Waals surface area contributed by atoms with Crippen LogP contribution in [-0.2, 0) is 0 Å². The van der Waals surface area contributed by atoms with Crippen molar-refractivity contribution in [1.29, 1.82) is 0 Å². The third-order valence-corrected chi connectivity index (χ3v) is 3.70. The molecular formula is C11H15BrIN. The topological polar surface area (TPSA) is 26.0 Å². The molecule has 0 saturated carbocycles. The second kappa shape index (κ2) is 4.49. The van der Waals surface area contributed by atoms with E-state index < -0.39 is 0 Å². The van der Waals surface area contributed by atoms with Gasteiger partial charge in [-0.2, -0.15) is 0 Å². The molecule has 0 spiro atoms. The van der Waals surface area contributed by atoms with E-state index in [0.717, 1.165) is 4.47 Å². The average Bonchev–Trinajstić information content (AvgIpc) is 2.06. The molecule has 78 valence electrons. The smallest absolute Gasteiger partial charge is 0.0355 e. The van der Waals surface area contributed by atoms with E-state index in [1.54, 1.807) is 0 Å². The summed E-state index contributed by atoms with van der Waals surface area (Å²) in [6, 6.07) is 6.32. The lowest BCUT2D eigenvalue weighted by Crippen LogP contribution is -2.27. The Morgan fingerprint density at radius 3 is 2.43 bits per heavy atom. The molecule has 0 aromatic heterocycles. The second-order valence-corrected chi connectivity index (χ2v) is 6.59. The summed E-state index contributed by atoms with van der Waals surface area (Å²) in [7, 11) is 0. The summed E-state index contributed by atoms with van der Waals surface area (Å²) in [4.78, 5) is 0. The van der Waals surface area contributed by atoms with Gasteiger partial charge in [-0.3, -0.25) is 0 Å². The molecule has 0 fully saturated rings. The summed E-state index contributed by atoms with van der Waals surface area (Å²) in [5.74, 6) is 0. The Morgan fingerprint density at radius 1 is 1.36 bits per heavy atom. The van der Waals surface area contributed by atoms with Crippen molar-refractivity contribution >= 4 is 38.5 Å². The van der Waals surface area contributed by atoms with Crippen LogP contribution < -0.4 is 5.73 Å². The van der Waals surface area contributed by atoms with E-state index in [0.29, 0.717) is 0 Å². The minimum Gasteiger partial charge on any atom is -0.323 e. The molecule has 1 atom stereocenters. The van der Waals surface area contributed by atoms with Crippen LogP contribution in [0.4, 0.5) is 0 Å². The predicted molar refractivity (Wildman–Crippen MR) is 73.2 cm³/mol. The monoisotopic (exact) mass is 367 g/mol. The van der Waals surface area contributed by atoms with Crippen molar-refractivity contribution in [2.24, 2.45) is 11.1 Å². The predicted octanol–water partition coefficient (Wildman–Crippen LogP) is 4.10. The molecule has 1 rings (SSSR count). The van der Waals surface area contributed by atoms with Gasteiger partial charge in [0.05, 0.1) is 0 Å². The fraction of sp³-hybridized carbons (Fsp3) is 0.455. The number of hydrogen-bond donors (Lipinski definition) is 1. The summed E-state index contributed by atoms with van der Waals surface area (Å²) < 4.78 is 2.32. The maximum atomic E-state index is 6.22. The molecule has 2 N–H and O–H groups in total. The average molecular weight is 368 g/mol. The van der Waals surface area contributed by atoms with Crippen LogP contribution in [0.2, 0.25) is 0 Å². The number of benzene rings is 1. The molecule has 0 aliphatic heterocycles. The van der Waals surface area contributed by atoms with Gasteiger partial charge in [0.1, 0.15) is 0 Å². The molecular weight excluding hydrogens is 353 g/mol. The molecule has 0 heterocycles. The fourth-order valence-corrected chi connectivity index (χ4v) is 2.27. The SMILES string of the molecule is CC(C)(C)C(N)c1cc(Br)ccc1I. The lowest BCUT2D eigenvalue weighted by Gasteiger charge is -2.28. The minimum absolute atomic E-state index is 0.0758. The van der Waals surface area contributed by atoms with E-state index in [4.69, 9.17) is 5.73 Å². The van der Waals surface area contributed by atoms with Gasteiger partial charge in [0.15, 0.2) is 0 Å². The Bertz CT molecular complexity index is 331. The molecule has 14 heavy (non-hydrogen) atoms. The molecule has 1 aromatic carbocycles. The summed E-state index contributed by atoms with van der Waals surface area (Å²) in [5.41, 5.74) is 7.53. The van der Waals surface area contributed by atoms with E-state index in [1.165, 1.54) is 9.13 Å². The highest BCUT2D eigenvalue weighted by Gasteiger charge is 2.23. The van der Waals surface area contributed by atoms with Crippen molar-refractivity contribution in [1.82, 2.24) is 0 Å². The summed E-state index contributed by atoms with van der Waals surface area (Å²) in [6.07, 6.45) is 0. The molecule has 3 heteroatoms. The van der Waals surface area contributed by atoms with Crippen molar-refractivity contribution in [3.8, 4) is 0 Å². The van der Waals surface area contributed by atoms with Gasteiger partial charge < -0.3 is 5.73 Å². The maximum Gasteiger partial charge on any atom is 0.0355 e. The Kier molecular flexibility index (Phi) is 4.00. The summed E-state index contributed by atoms with van der Waals surface area (Å²) >= 11 is 5.80. The molecule has 1 aromatic rings. The third-order valence-electron chi connectivity index (χ3n) is 2.23. The van der Waals surface area contributed by atoms with Gasteiger partial charge in [-0.15, -0.1) is 0 Å². The van der Waals surface area contributed by atoms with Crippen molar-refractivity contribution in [3.63, 3.8) is 0 Å². The quantitative estimate of drug-likeness (QED) is 0.743. The zero-order chi connectivity index (χ0) is 10.9. The molecule has 0 aliphatic rings. The molecule has 0 amide bonds. The van der Waals surface area contributed by atoms with Gasteiger partial charge in [-0.05, 0) is 51.8 Å². The van der Waals surface area contributed by atoms with Gasteiger partial charge in [0.2, 0.25) is 0 Å². The van der Waals surface area contributed by atoms with Gasteiger partial charge in [0.25, 0.3) is 0 Å². The van der Waals surface area contributed by atoms with Gasteiger partial charge in [0, 0.05) is 14.1 Å². The second-order valence-electron chi connectivity index (χ2n) is 4.51. The molecule has 1 unspecified atom stereocenters. The van der Waals surface area contributed by atoms with E-state index in [9.17, 15) is 0 Å². The van der Waals surface area contributed by atoms with Crippen LogP contribution in [-0.4, -0.2) is 0 Å². The Balaban J connectivity index is 3.12. The van der Waals surface area contributed by atoms with Crippen LogP contribution in [0.5, 0.6) is 0 Å². The van der Waals surface area contributed by atoms with Gasteiger partial charge >= 0.3 is 0 Å². The largest absolute Gasteiger partial charge is 0.323 e. The molecule has 0 bridgehead atoms. The third kappa shape index (κ3) is 2.94. The zero-order valence-corrected chi connectivity index (χ0v) is 12.4. The lowest BCUT2D eigenvalue weighted by atomic mass is 9.83. The highest BCUT2D eigenvalue weighted by Crippen LogP contribution is 2.34. The van der Waals surface area contributed by atoms with E-state index in [-0.39, 0.29) is 11.5 Å². The van der Waals surface area contributed by atoms with Crippen LogP contribution >= 0.6 is 38.5 Å².